The largest absolute Gasteiger partial charge is 0.319 e. The zero-order chi connectivity index (χ0) is 15.5. The van der Waals surface area contributed by atoms with Crippen molar-refractivity contribution in [1.29, 1.82) is 0 Å². The van der Waals surface area contributed by atoms with Gasteiger partial charge in [0.15, 0.2) is 0 Å². The lowest BCUT2D eigenvalue weighted by atomic mass is 9.93. The van der Waals surface area contributed by atoms with E-state index in [9.17, 15) is 0 Å². The Morgan fingerprint density at radius 3 is 2.57 bits per heavy atom. The van der Waals surface area contributed by atoms with Gasteiger partial charge in [0.05, 0.1) is 10.7 Å². The number of nitrogens with zero attached hydrogens (tertiary/aromatic N) is 1. The molecule has 0 fully saturated rings. The van der Waals surface area contributed by atoms with Gasteiger partial charge in [-0.05, 0) is 18.7 Å². The van der Waals surface area contributed by atoms with E-state index in [0.717, 1.165) is 18.0 Å². The van der Waals surface area contributed by atoms with E-state index >= 15 is 0 Å². The van der Waals surface area contributed by atoms with E-state index in [1.54, 1.807) is 11.3 Å². The zero-order valence-corrected chi connectivity index (χ0v) is 14.7. The molecule has 2 aromatic rings. The van der Waals surface area contributed by atoms with Crippen molar-refractivity contribution in [3.05, 3.63) is 50.9 Å². The maximum absolute atomic E-state index is 6.35. The first-order valence-corrected chi connectivity index (χ1v) is 8.51. The van der Waals surface area contributed by atoms with Crippen LogP contribution in [0.25, 0.3) is 0 Å². The van der Waals surface area contributed by atoms with Crippen LogP contribution in [0.4, 0.5) is 0 Å². The molecule has 1 unspecified atom stereocenters. The van der Waals surface area contributed by atoms with Gasteiger partial charge in [0, 0.05) is 34.7 Å². The standard InChI is InChI=1S/C17H23ClN2S/c1-17(2,3)15-11-21-16(20-15)9-12(10-19-4)13-7-5-6-8-14(13)18/h5-8,11-12,19H,9-10H2,1-4H3. The summed E-state index contributed by atoms with van der Waals surface area (Å²) in [5, 5.41) is 7.47. The monoisotopic (exact) mass is 322 g/mol. The SMILES string of the molecule is CNCC(Cc1nc(C(C)(C)C)cs1)c1ccccc1Cl. The number of hydrogen-bond acceptors (Lipinski definition) is 3. The highest BCUT2D eigenvalue weighted by atomic mass is 35.5. The minimum Gasteiger partial charge on any atom is -0.319 e. The molecule has 1 heterocycles. The topological polar surface area (TPSA) is 24.9 Å². The van der Waals surface area contributed by atoms with Crippen molar-refractivity contribution in [2.24, 2.45) is 0 Å². The van der Waals surface area contributed by atoms with Crippen LogP contribution in [0.15, 0.2) is 29.6 Å². The molecule has 0 saturated carbocycles. The Morgan fingerprint density at radius 1 is 1.29 bits per heavy atom. The second kappa shape index (κ2) is 6.91. The fourth-order valence-corrected chi connectivity index (χ4v) is 3.70. The lowest BCUT2D eigenvalue weighted by Crippen LogP contribution is -2.19. The Kier molecular flexibility index (Phi) is 5.42. The maximum Gasteiger partial charge on any atom is 0.0935 e. The molecule has 0 bridgehead atoms. The number of thiazole rings is 1. The highest BCUT2D eigenvalue weighted by Crippen LogP contribution is 2.30. The molecule has 0 saturated heterocycles. The second-order valence-corrected chi connectivity index (χ2v) is 7.71. The second-order valence-electron chi connectivity index (χ2n) is 6.36. The average molecular weight is 323 g/mol. The molecule has 0 spiro atoms. The van der Waals surface area contributed by atoms with Gasteiger partial charge in [-0.15, -0.1) is 11.3 Å². The first-order chi connectivity index (χ1) is 9.91. The van der Waals surface area contributed by atoms with Crippen molar-refractivity contribution in [3.63, 3.8) is 0 Å². The molecule has 1 aromatic carbocycles. The Morgan fingerprint density at radius 2 is 2.00 bits per heavy atom. The number of benzene rings is 1. The van der Waals surface area contributed by atoms with Gasteiger partial charge in [0.1, 0.15) is 0 Å². The van der Waals surface area contributed by atoms with Crippen molar-refractivity contribution >= 4 is 22.9 Å². The summed E-state index contributed by atoms with van der Waals surface area (Å²) in [5.41, 5.74) is 2.48. The highest BCUT2D eigenvalue weighted by Gasteiger charge is 2.20. The summed E-state index contributed by atoms with van der Waals surface area (Å²) in [4.78, 5) is 4.81. The molecule has 114 valence electrons. The van der Waals surface area contributed by atoms with Gasteiger partial charge >= 0.3 is 0 Å². The third-order valence-electron chi connectivity index (χ3n) is 3.54. The molecule has 2 rings (SSSR count). The minimum absolute atomic E-state index is 0.109. The van der Waals surface area contributed by atoms with E-state index in [2.05, 4.69) is 37.5 Å². The molecule has 0 amide bonds. The summed E-state index contributed by atoms with van der Waals surface area (Å²) in [5.74, 6) is 0.350. The molecule has 4 heteroatoms. The van der Waals surface area contributed by atoms with E-state index in [1.807, 2.05) is 25.2 Å². The summed E-state index contributed by atoms with van der Waals surface area (Å²) in [6.07, 6.45) is 0.922. The van der Waals surface area contributed by atoms with Crippen LogP contribution in [0.3, 0.4) is 0 Å². The number of rotatable bonds is 5. The van der Waals surface area contributed by atoms with Crippen molar-refractivity contribution in [2.45, 2.75) is 38.5 Å². The normalized spacial score (nSPS) is 13.4. The molecule has 1 aromatic heterocycles. The Bertz CT molecular complexity index is 586. The van der Waals surface area contributed by atoms with Crippen LogP contribution in [0.2, 0.25) is 5.02 Å². The van der Waals surface area contributed by atoms with E-state index in [4.69, 9.17) is 16.6 Å². The van der Waals surface area contributed by atoms with E-state index < -0.39 is 0 Å². The minimum atomic E-state index is 0.109. The summed E-state index contributed by atoms with van der Waals surface area (Å²) < 4.78 is 0. The van der Waals surface area contributed by atoms with Gasteiger partial charge < -0.3 is 5.32 Å². The van der Waals surface area contributed by atoms with Crippen LogP contribution in [-0.2, 0) is 11.8 Å². The van der Waals surface area contributed by atoms with Crippen LogP contribution < -0.4 is 5.32 Å². The average Bonchev–Trinajstić information content (AvgIpc) is 2.87. The van der Waals surface area contributed by atoms with Crippen LogP contribution in [-0.4, -0.2) is 18.6 Å². The Balaban J connectivity index is 2.21. The van der Waals surface area contributed by atoms with Crippen LogP contribution >= 0.6 is 22.9 Å². The van der Waals surface area contributed by atoms with E-state index in [0.29, 0.717) is 5.92 Å². The molecule has 21 heavy (non-hydrogen) atoms. The van der Waals surface area contributed by atoms with Crippen molar-refractivity contribution in [1.82, 2.24) is 10.3 Å². The molecule has 1 atom stereocenters. The number of nitrogens with one attached hydrogen (secondary N) is 1. The van der Waals surface area contributed by atoms with Gasteiger partial charge in [-0.3, -0.25) is 0 Å². The number of aromatic nitrogens is 1. The predicted molar refractivity (Wildman–Crippen MR) is 92.6 cm³/mol. The van der Waals surface area contributed by atoms with E-state index in [1.165, 1.54) is 16.3 Å². The fourth-order valence-electron chi connectivity index (χ4n) is 2.30. The van der Waals surface area contributed by atoms with Gasteiger partial charge in [0.25, 0.3) is 0 Å². The predicted octanol–water partition coefficient (Wildman–Crippen LogP) is 4.64. The summed E-state index contributed by atoms with van der Waals surface area (Å²) in [7, 11) is 1.98. The van der Waals surface area contributed by atoms with Crippen LogP contribution in [0.5, 0.6) is 0 Å². The van der Waals surface area contributed by atoms with Gasteiger partial charge in [-0.25, -0.2) is 4.98 Å². The van der Waals surface area contributed by atoms with E-state index in [-0.39, 0.29) is 5.41 Å². The zero-order valence-electron chi connectivity index (χ0n) is 13.1. The summed E-state index contributed by atoms with van der Waals surface area (Å²) in [6, 6.07) is 8.10. The van der Waals surface area contributed by atoms with Crippen LogP contribution in [0, 0.1) is 0 Å². The lowest BCUT2D eigenvalue weighted by Gasteiger charge is -2.18. The van der Waals surface area contributed by atoms with Crippen LogP contribution in [0.1, 0.15) is 43.0 Å². The number of likely N-dealkylation sites (N-methyl/N-ethyl adjacent to an activating group) is 1. The Labute approximate surface area is 136 Å². The number of hydrogen-bond donors (Lipinski definition) is 1. The third kappa shape index (κ3) is 4.29. The summed E-state index contributed by atoms with van der Waals surface area (Å²) in [6.45, 7) is 7.50. The molecule has 0 aliphatic rings. The van der Waals surface area contributed by atoms with Gasteiger partial charge in [-0.2, -0.15) is 0 Å². The first kappa shape index (κ1) is 16.5. The smallest absolute Gasteiger partial charge is 0.0935 e. The molecule has 2 nitrogen and oxygen atoms in total. The van der Waals surface area contributed by atoms with Crippen molar-refractivity contribution in [3.8, 4) is 0 Å². The molecule has 0 radical (unpaired) electrons. The molecular weight excluding hydrogens is 300 g/mol. The van der Waals surface area contributed by atoms with Gasteiger partial charge in [0.2, 0.25) is 0 Å². The van der Waals surface area contributed by atoms with Crippen molar-refractivity contribution in [2.75, 3.05) is 13.6 Å². The summed E-state index contributed by atoms with van der Waals surface area (Å²) >= 11 is 8.10. The maximum atomic E-state index is 6.35. The third-order valence-corrected chi connectivity index (χ3v) is 4.75. The lowest BCUT2D eigenvalue weighted by molar-refractivity contribution is 0.566. The molecular formula is C17H23ClN2S. The van der Waals surface area contributed by atoms with Crippen molar-refractivity contribution < 1.29 is 0 Å². The Hall–Kier alpha value is -0.900. The fraction of sp³-hybridized carbons (Fsp3) is 0.471. The highest BCUT2D eigenvalue weighted by molar-refractivity contribution is 7.09. The molecule has 0 aliphatic carbocycles. The first-order valence-electron chi connectivity index (χ1n) is 7.25. The number of halogens is 1. The molecule has 1 N–H and O–H groups in total. The van der Waals surface area contributed by atoms with Gasteiger partial charge in [-0.1, -0.05) is 50.6 Å². The quantitative estimate of drug-likeness (QED) is 0.867. The molecule has 0 aliphatic heterocycles.